The number of benzene rings is 3. The molecule has 1 spiro atoms. The smallest absolute Gasteiger partial charge is 0.304 e. The molecule has 15 heteroatoms. The van der Waals surface area contributed by atoms with E-state index in [1.165, 1.54) is 39.8 Å². The monoisotopic (exact) mass is 730 g/mol. The quantitative estimate of drug-likeness (QED) is 0.0910. The third kappa shape index (κ3) is 6.72. The van der Waals surface area contributed by atoms with E-state index in [0.717, 1.165) is 5.56 Å². The predicted octanol–water partition coefficient (Wildman–Crippen LogP) is 3.98. The van der Waals surface area contributed by atoms with Crippen molar-refractivity contribution in [3.05, 3.63) is 99.6 Å². The number of nitrogens with zero attached hydrogens (tertiary/aromatic N) is 4. The van der Waals surface area contributed by atoms with Crippen LogP contribution in [0.2, 0.25) is 18.6 Å². The van der Waals surface area contributed by atoms with Crippen LogP contribution in [0.15, 0.2) is 72.8 Å². The summed E-state index contributed by atoms with van der Waals surface area (Å²) < 4.78 is 12.0. The van der Waals surface area contributed by atoms with Crippen molar-refractivity contribution in [1.82, 2.24) is 4.90 Å². The van der Waals surface area contributed by atoms with E-state index in [-0.39, 0.29) is 62.1 Å². The summed E-state index contributed by atoms with van der Waals surface area (Å²) >= 11 is 0. The van der Waals surface area contributed by atoms with Crippen molar-refractivity contribution in [2.24, 2.45) is 5.92 Å². The van der Waals surface area contributed by atoms with Gasteiger partial charge < -0.3 is 29.2 Å². The first-order valence-corrected chi connectivity index (χ1v) is 20.2. The lowest BCUT2D eigenvalue weighted by atomic mass is 9.82. The molecule has 2 N–H and O–H groups in total. The van der Waals surface area contributed by atoms with Gasteiger partial charge in [0.15, 0.2) is 20.1 Å². The number of nitro groups is 1. The lowest BCUT2D eigenvalue weighted by Crippen LogP contribution is -2.54. The Hall–Kier alpha value is -4.96. The van der Waals surface area contributed by atoms with Gasteiger partial charge in [0.05, 0.1) is 42.7 Å². The zero-order valence-electron chi connectivity index (χ0n) is 29.4. The van der Waals surface area contributed by atoms with E-state index in [9.17, 15) is 39.2 Å². The Morgan fingerprint density at radius 1 is 1.08 bits per heavy atom. The van der Waals surface area contributed by atoms with Crippen LogP contribution in [-0.4, -0.2) is 77.2 Å². The van der Waals surface area contributed by atoms with E-state index in [2.05, 4.69) is 0 Å². The summed E-state index contributed by atoms with van der Waals surface area (Å²) in [7, 11) is -3.19. The number of carbonyl (C=O) groups is 4. The normalized spacial score (nSPS) is 23.8. The van der Waals surface area contributed by atoms with Crippen LogP contribution in [0.3, 0.4) is 0 Å². The van der Waals surface area contributed by atoms with Crippen LogP contribution in [0, 0.1) is 16.0 Å². The maximum atomic E-state index is 14.9. The van der Waals surface area contributed by atoms with Crippen molar-refractivity contribution < 1.29 is 43.5 Å². The summed E-state index contributed by atoms with van der Waals surface area (Å²) in [6.45, 7) is 6.54. The molecule has 0 radical (unpaired) electrons. The molecule has 5 atom stereocenters. The molecule has 0 saturated carbocycles. The van der Waals surface area contributed by atoms with E-state index < -0.39 is 54.5 Å². The summed E-state index contributed by atoms with van der Waals surface area (Å²) in [5.41, 5.74) is 0.00702. The Bertz CT molecular complexity index is 1900. The van der Waals surface area contributed by atoms with Crippen molar-refractivity contribution in [2.75, 3.05) is 23.0 Å². The first kappa shape index (κ1) is 36.8. The fourth-order valence-electron chi connectivity index (χ4n) is 8.02. The van der Waals surface area contributed by atoms with Crippen LogP contribution in [0.25, 0.3) is 0 Å². The van der Waals surface area contributed by atoms with Gasteiger partial charge in [0, 0.05) is 54.9 Å². The number of esters is 1. The Morgan fingerprint density at radius 2 is 1.79 bits per heavy atom. The molecule has 3 amide bonds. The number of hydrogen-bond acceptors (Lipinski definition) is 10. The number of non-ortho nitro benzene ring substituents is 1. The third-order valence-electron chi connectivity index (χ3n) is 10.2. The summed E-state index contributed by atoms with van der Waals surface area (Å²) in [6, 6.07) is 20.4. The summed E-state index contributed by atoms with van der Waals surface area (Å²) in [6.07, 6.45) is -1.79. The number of aliphatic hydroxyl groups excluding tert-OH is 1. The minimum Gasteiger partial charge on any atom is -0.441 e. The molecular formula is C37H42N4O10Si. The van der Waals surface area contributed by atoms with E-state index in [1.54, 1.807) is 44.3 Å². The highest BCUT2D eigenvalue weighted by atomic mass is 28.4. The van der Waals surface area contributed by atoms with Gasteiger partial charge in [-0.3, -0.25) is 34.2 Å². The Balaban J connectivity index is 1.35. The lowest BCUT2D eigenvalue weighted by Gasteiger charge is -2.39. The molecule has 14 nitrogen and oxygen atoms in total. The van der Waals surface area contributed by atoms with Gasteiger partial charge in [-0.15, -0.1) is 0 Å². The highest BCUT2D eigenvalue weighted by Crippen LogP contribution is 2.60. The first-order valence-electron chi connectivity index (χ1n) is 17.2. The minimum absolute atomic E-state index is 0.00510. The first-order chi connectivity index (χ1) is 24.6. The van der Waals surface area contributed by atoms with Crippen molar-refractivity contribution in [2.45, 2.75) is 76.3 Å². The number of anilines is 2. The van der Waals surface area contributed by atoms with Gasteiger partial charge >= 0.3 is 5.97 Å². The van der Waals surface area contributed by atoms with Crippen molar-refractivity contribution in [3.8, 4) is 0 Å². The fourth-order valence-corrected chi connectivity index (χ4v) is 10.6. The molecule has 2 fully saturated rings. The molecule has 3 aromatic carbocycles. The van der Waals surface area contributed by atoms with Crippen LogP contribution in [0.1, 0.15) is 43.4 Å². The molecule has 2 saturated heterocycles. The zero-order valence-corrected chi connectivity index (χ0v) is 30.4. The Kier molecular flexibility index (Phi) is 10.1. The number of ether oxygens (including phenoxy) is 2. The van der Waals surface area contributed by atoms with E-state index in [1.807, 2.05) is 30.3 Å². The number of carbonyl (C=O) groups excluding carboxylic acids is 4. The van der Waals surface area contributed by atoms with Crippen molar-refractivity contribution in [1.29, 1.82) is 0 Å². The van der Waals surface area contributed by atoms with Crippen LogP contribution in [0.5, 0.6) is 0 Å². The van der Waals surface area contributed by atoms with Crippen molar-refractivity contribution >= 4 is 49.1 Å². The number of aliphatic hydroxyl groups is 1. The van der Waals surface area contributed by atoms with E-state index in [0.29, 0.717) is 16.9 Å². The molecule has 0 bridgehead atoms. The predicted molar refractivity (Wildman–Crippen MR) is 191 cm³/mol. The molecule has 0 aliphatic carbocycles. The molecule has 3 heterocycles. The number of nitro benzene ring substituents is 1. The van der Waals surface area contributed by atoms with Crippen molar-refractivity contribution in [3.63, 3.8) is 0 Å². The van der Waals surface area contributed by atoms with Crippen LogP contribution < -0.4 is 9.80 Å². The highest BCUT2D eigenvalue weighted by molar-refractivity contribution is 6.71. The minimum atomic E-state index is -3.19. The molecular weight excluding hydrogens is 689 g/mol. The zero-order chi connectivity index (χ0) is 37.5. The van der Waals surface area contributed by atoms with Gasteiger partial charge in [0.2, 0.25) is 11.8 Å². The maximum Gasteiger partial charge on any atom is 0.304 e. The molecule has 52 heavy (non-hydrogen) atoms. The van der Waals surface area contributed by atoms with Crippen LogP contribution in [0.4, 0.5) is 17.1 Å². The van der Waals surface area contributed by atoms with Crippen LogP contribution in [-0.2, 0) is 47.3 Å². The van der Waals surface area contributed by atoms with Crippen LogP contribution >= 0.6 is 0 Å². The highest BCUT2D eigenvalue weighted by Gasteiger charge is 2.66. The number of hydrogen-bond donors (Lipinski definition) is 2. The topological polar surface area (TPSA) is 180 Å². The second kappa shape index (κ2) is 14.2. The van der Waals surface area contributed by atoms with E-state index in [4.69, 9.17) is 9.47 Å². The lowest BCUT2D eigenvalue weighted by molar-refractivity contribution is -0.385. The summed E-state index contributed by atoms with van der Waals surface area (Å²) in [4.78, 5) is 80.4. The largest absolute Gasteiger partial charge is 0.441 e. The van der Waals surface area contributed by atoms with Gasteiger partial charge in [-0.2, -0.15) is 0 Å². The SMILES string of the molecule is CC(=O)OC1CC(=O)N1c1cccc(CN2C(=O)[C@]3(O[C@H](CC(=O)N(CCO)Cc4ccccc4)[C@@H]([Si](C)(C)O)[C@@H]3C)c3cc([N+](=O)[O-])ccc32)c1. The Labute approximate surface area is 301 Å². The molecule has 274 valence electrons. The maximum absolute atomic E-state index is 14.9. The number of rotatable bonds is 12. The van der Waals surface area contributed by atoms with E-state index >= 15 is 0 Å². The van der Waals surface area contributed by atoms with Gasteiger partial charge in [0.1, 0.15) is 0 Å². The summed E-state index contributed by atoms with van der Waals surface area (Å²) in [5.74, 6) is -2.26. The summed E-state index contributed by atoms with van der Waals surface area (Å²) in [5, 5.41) is 21.8. The van der Waals surface area contributed by atoms with Gasteiger partial charge in [-0.05, 0) is 42.4 Å². The molecule has 6 rings (SSSR count). The molecule has 3 aliphatic heterocycles. The Morgan fingerprint density at radius 3 is 2.42 bits per heavy atom. The second-order valence-corrected chi connectivity index (χ2v) is 18.1. The van der Waals surface area contributed by atoms with Gasteiger partial charge in [0.25, 0.3) is 11.6 Å². The molecule has 3 aromatic rings. The number of β-lactam (4-membered cyclic amide) rings is 1. The molecule has 0 aromatic heterocycles. The average Bonchev–Trinajstić information content (AvgIpc) is 3.50. The second-order valence-electron chi connectivity index (χ2n) is 14.1. The average molecular weight is 731 g/mol. The van der Waals surface area contributed by atoms with Gasteiger partial charge in [-0.1, -0.05) is 49.4 Å². The van der Waals surface area contributed by atoms with Gasteiger partial charge in [-0.25, -0.2) is 0 Å². The molecule has 1 unspecified atom stereocenters. The fraction of sp³-hybridized carbons (Fsp3) is 0.405. The standard InChI is InChI=1S/C37H42N4O10Si/c1-23-35(52(3,4)49)31(19-32(44)38(15-16-42)21-25-9-6-5-7-10-25)51-37(23)29-18-28(41(47)48)13-14-30(29)39(36(37)46)22-26-11-8-12-27(17-26)40-33(45)20-34(40)50-24(2)43/h5-14,17-18,23,31,34-35,42,49H,15-16,19-22H2,1-4H3/t23-,31+,34?,35-,37+/m0/s1. The third-order valence-corrected chi connectivity index (χ3v) is 12.7. The molecule has 3 aliphatic rings. The number of fused-ring (bicyclic) bond motifs is 2. The number of amides is 3.